The fourth-order valence-electron chi connectivity index (χ4n) is 1.40. The molecule has 0 saturated heterocycles. The summed E-state index contributed by atoms with van der Waals surface area (Å²) in [6, 6.07) is 3.67. The van der Waals surface area contributed by atoms with Crippen molar-refractivity contribution in [3.05, 3.63) is 49.1 Å². The Balaban J connectivity index is 2.87. The number of hydrogen-bond acceptors (Lipinski definition) is 6. The van der Waals surface area contributed by atoms with Crippen molar-refractivity contribution in [1.29, 1.82) is 0 Å². The number of nitrogens with one attached hydrogen (secondary N) is 1. The maximum Gasteiger partial charge on any atom is 0.514 e. The highest BCUT2D eigenvalue weighted by molar-refractivity contribution is 5.94. The molecule has 1 amide bonds. The molecule has 0 unspecified atom stereocenters. The molecule has 0 saturated carbocycles. The fourth-order valence-corrected chi connectivity index (χ4v) is 1.40. The summed E-state index contributed by atoms with van der Waals surface area (Å²) >= 11 is 0. The Morgan fingerprint density at radius 3 is 2.39 bits per heavy atom. The summed E-state index contributed by atoms with van der Waals surface area (Å²) in [5, 5.41) is 11.5. The molecular formula is C15H15NO7. The minimum Gasteiger partial charge on any atom is -0.478 e. The van der Waals surface area contributed by atoms with Crippen molar-refractivity contribution in [1.82, 2.24) is 0 Å². The van der Waals surface area contributed by atoms with Crippen LogP contribution in [0.5, 0.6) is 5.75 Å². The van der Waals surface area contributed by atoms with E-state index in [0.717, 1.165) is 6.07 Å². The molecule has 8 heteroatoms. The number of carboxylic acid groups (broad SMARTS) is 1. The van der Waals surface area contributed by atoms with Gasteiger partial charge in [0.15, 0.2) is 0 Å². The lowest BCUT2D eigenvalue weighted by Crippen LogP contribution is -2.15. The molecule has 2 N–H and O–H groups in total. The van der Waals surface area contributed by atoms with E-state index in [9.17, 15) is 14.4 Å². The smallest absolute Gasteiger partial charge is 0.478 e. The number of carbonyl (C=O) groups excluding carboxylic acids is 2. The zero-order valence-corrected chi connectivity index (χ0v) is 12.1. The lowest BCUT2D eigenvalue weighted by atomic mass is 10.2. The Morgan fingerprint density at radius 2 is 1.78 bits per heavy atom. The van der Waals surface area contributed by atoms with Crippen LogP contribution in [0.2, 0.25) is 0 Å². The monoisotopic (exact) mass is 321 g/mol. The summed E-state index contributed by atoms with van der Waals surface area (Å²) in [6.45, 7) is 6.68. The van der Waals surface area contributed by atoms with Crippen LogP contribution in [0.1, 0.15) is 10.4 Å². The van der Waals surface area contributed by atoms with E-state index >= 15 is 0 Å². The van der Waals surface area contributed by atoms with Gasteiger partial charge in [0.1, 0.15) is 24.5 Å². The molecule has 0 spiro atoms. The van der Waals surface area contributed by atoms with Gasteiger partial charge in [0.2, 0.25) is 0 Å². The molecule has 0 aliphatic heterocycles. The first-order valence-corrected chi connectivity index (χ1v) is 6.35. The highest BCUT2D eigenvalue weighted by atomic mass is 16.7. The van der Waals surface area contributed by atoms with Crippen molar-refractivity contribution >= 4 is 23.9 Å². The largest absolute Gasteiger partial charge is 0.514 e. The van der Waals surface area contributed by atoms with Gasteiger partial charge >= 0.3 is 18.2 Å². The third-order valence-electron chi connectivity index (χ3n) is 2.30. The highest BCUT2D eigenvalue weighted by Gasteiger charge is 2.17. The second-order valence-electron chi connectivity index (χ2n) is 3.98. The maximum atomic E-state index is 11.4. The Labute approximate surface area is 132 Å². The third kappa shape index (κ3) is 5.92. The van der Waals surface area contributed by atoms with E-state index in [1.165, 1.54) is 24.3 Å². The van der Waals surface area contributed by atoms with Crippen LogP contribution >= 0.6 is 0 Å². The average Bonchev–Trinajstić information content (AvgIpc) is 2.52. The molecule has 1 aromatic carbocycles. The molecular weight excluding hydrogens is 306 g/mol. The number of benzene rings is 1. The van der Waals surface area contributed by atoms with Crippen molar-refractivity contribution in [2.75, 3.05) is 18.5 Å². The minimum absolute atomic E-state index is 0.00790. The summed E-state index contributed by atoms with van der Waals surface area (Å²) in [4.78, 5) is 34.0. The Morgan fingerprint density at radius 1 is 1.13 bits per heavy atom. The fraction of sp³-hybridized carbons (Fsp3) is 0.133. The van der Waals surface area contributed by atoms with Crippen LogP contribution in [-0.2, 0) is 9.47 Å². The number of carbonyl (C=O) groups is 3. The summed E-state index contributed by atoms with van der Waals surface area (Å²) in [5.74, 6) is -1.57. The second kappa shape index (κ2) is 8.88. The van der Waals surface area contributed by atoms with Crippen LogP contribution in [-0.4, -0.2) is 36.5 Å². The predicted molar refractivity (Wildman–Crippen MR) is 80.7 cm³/mol. The number of amides is 1. The molecule has 0 radical (unpaired) electrons. The Hall–Kier alpha value is -3.29. The molecule has 1 rings (SSSR count). The molecule has 0 bridgehead atoms. The molecule has 1 aromatic rings. The molecule has 122 valence electrons. The van der Waals surface area contributed by atoms with Gasteiger partial charge in [-0.25, -0.2) is 14.4 Å². The van der Waals surface area contributed by atoms with Gasteiger partial charge in [-0.15, -0.1) is 0 Å². The van der Waals surface area contributed by atoms with Crippen LogP contribution in [0.15, 0.2) is 43.5 Å². The number of aromatic carboxylic acids is 1. The van der Waals surface area contributed by atoms with Crippen LogP contribution in [0.3, 0.4) is 0 Å². The van der Waals surface area contributed by atoms with Crippen LogP contribution in [0.25, 0.3) is 0 Å². The lowest BCUT2D eigenvalue weighted by Gasteiger charge is -2.10. The Kier molecular flexibility index (Phi) is 6.86. The van der Waals surface area contributed by atoms with Crippen molar-refractivity contribution in [3.8, 4) is 5.75 Å². The number of carboxylic acids is 1. The number of rotatable bonds is 7. The van der Waals surface area contributed by atoms with E-state index < -0.39 is 18.2 Å². The van der Waals surface area contributed by atoms with Gasteiger partial charge < -0.3 is 19.3 Å². The molecule has 0 heterocycles. The zero-order chi connectivity index (χ0) is 17.2. The molecule has 0 aliphatic rings. The van der Waals surface area contributed by atoms with Gasteiger partial charge in [0.05, 0.1) is 0 Å². The number of anilines is 1. The standard InChI is InChI=1S/C15H15NO7/c1-3-7-21-14(19)16-10-5-6-12(11(9-10)13(17)18)23-15(20)22-8-4-2/h3-6,9H,1-2,7-8H2,(H,16,19)(H,17,18). The number of hydrogen-bond donors (Lipinski definition) is 2. The van der Waals surface area contributed by atoms with Gasteiger partial charge in [-0.3, -0.25) is 5.32 Å². The molecule has 23 heavy (non-hydrogen) atoms. The van der Waals surface area contributed by atoms with E-state index in [1.54, 1.807) is 0 Å². The van der Waals surface area contributed by atoms with Gasteiger partial charge in [-0.1, -0.05) is 25.3 Å². The summed E-state index contributed by atoms with van der Waals surface area (Å²) < 4.78 is 14.1. The first-order valence-electron chi connectivity index (χ1n) is 6.35. The molecule has 0 fully saturated rings. The van der Waals surface area contributed by atoms with Crippen molar-refractivity contribution in [2.45, 2.75) is 0 Å². The van der Waals surface area contributed by atoms with E-state index in [-0.39, 0.29) is 30.2 Å². The van der Waals surface area contributed by atoms with Crippen LogP contribution in [0.4, 0.5) is 15.3 Å². The molecule has 8 nitrogen and oxygen atoms in total. The summed E-state index contributed by atoms with van der Waals surface area (Å²) in [7, 11) is 0. The van der Waals surface area contributed by atoms with E-state index in [2.05, 4.69) is 23.2 Å². The van der Waals surface area contributed by atoms with Crippen molar-refractivity contribution in [2.24, 2.45) is 0 Å². The quantitative estimate of drug-likeness (QED) is 0.451. The van der Waals surface area contributed by atoms with Crippen molar-refractivity contribution in [3.63, 3.8) is 0 Å². The average molecular weight is 321 g/mol. The van der Waals surface area contributed by atoms with E-state index in [0.29, 0.717) is 0 Å². The minimum atomic E-state index is -1.35. The van der Waals surface area contributed by atoms with E-state index in [4.69, 9.17) is 14.6 Å². The molecule has 0 atom stereocenters. The van der Waals surface area contributed by atoms with E-state index in [1.807, 2.05) is 0 Å². The first kappa shape index (κ1) is 17.8. The maximum absolute atomic E-state index is 11.4. The second-order valence-corrected chi connectivity index (χ2v) is 3.98. The lowest BCUT2D eigenvalue weighted by molar-refractivity contribution is 0.0691. The normalized spacial score (nSPS) is 9.39. The van der Waals surface area contributed by atoms with Crippen LogP contribution in [0, 0.1) is 0 Å². The van der Waals surface area contributed by atoms with Gasteiger partial charge in [0.25, 0.3) is 0 Å². The summed E-state index contributed by atoms with van der Waals surface area (Å²) in [5.41, 5.74) is -0.176. The van der Waals surface area contributed by atoms with Gasteiger partial charge in [-0.2, -0.15) is 0 Å². The highest BCUT2D eigenvalue weighted by Crippen LogP contribution is 2.23. The molecule has 0 aliphatic carbocycles. The first-order chi connectivity index (χ1) is 11.0. The van der Waals surface area contributed by atoms with Crippen molar-refractivity contribution < 1.29 is 33.7 Å². The SMILES string of the molecule is C=CCOC(=O)Nc1ccc(OC(=O)OCC=C)c(C(=O)O)c1. The Bertz CT molecular complexity index is 624. The number of ether oxygens (including phenoxy) is 3. The third-order valence-corrected chi connectivity index (χ3v) is 2.30. The topological polar surface area (TPSA) is 111 Å². The van der Waals surface area contributed by atoms with Gasteiger partial charge in [-0.05, 0) is 18.2 Å². The zero-order valence-electron chi connectivity index (χ0n) is 12.1. The summed E-state index contributed by atoms with van der Waals surface area (Å²) in [6.07, 6.45) is 0.869. The molecule has 0 aromatic heterocycles. The van der Waals surface area contributed by atoms with Gasteiger partial charge in [0, 0.05) is 5.69 Å². The van der Waals surface area contributed by atoms with Crippen LogP contribution < -0.4 is 10.1 Å². The predicted octanol–water partition coefficient (Wildman–Crippen LogP) is 2.82.